The van der Waals surface area contributed by atoms with E-state index >= 15 is 0 Å². The van der Waals surface area contributed by atoms with Crippen LogP contribution < -0.4 is 37.6 Å². The zero-order valence-corrected chi connectivity index (χ0v) is 36.7. The van der Waals surface area contributed by atoms with Gasteiger partial charge in [-0.2, -0.15) is 0 Å². The first-order chi connectivity index (χ1) is 29.5. The summed E-state index contributed by atoms with van der Waals surface area (Å²) < 4.78 is 0. The molecule has 2 aromatic carbocycles. The summed E-state index contributed by atoms with van der Waals surface area (Å²) in [5.41, 5.74) is 6.99. The number of carboxylic acid groups (broad SMARTS) is 1. The van der Waals surface area contributed by atoms with E-state index in [1.54, 1.807) is 74.5 Å². The summed E-state index contributed by atoms with van der Waals surface area (Å²) in [5.74, 6) is -6.44. The number of hydrogen-bond acceptors (Lipinski definition) is 10. The van der Waals surface area contributed by atoms with E-state index in [1.807, 2.05) is 0 Å². The lowest BCUT2D eigenvalue weighted by molar-refractivity contribution is -0.142. The highest BCUT2D eigenvalue weighted by atomic mass is 16.4. The van der Waals surface area contributed by atoms with E-state index in [0.717, 1.165) is 25.7 Å². The molecule has 17 nitrogen and oxygen atoms in total. The van der Waals surface area contributed by atoms with Crippen LogP contribution in [0.25, 0.3) is 0 Å². The Bertz CT molecular complexity index is 1710. The maximum absolute atomic E-state index is 14.1. The monoisotopic (exact) mass is 868 g/mol. The summed E-state index contributed by atoms with van der Waals surface area (Å²) in [6.07, 6.45) is 2.81. The molecule has 0 heterocycles. The van der Waals surface area contributed by atoms with Gasteiger partial charge in [-0.25, -0.2) is 4.79 Å². The Morgan fingerprint density at radius 1 is 0.532 bits per heavy atom. The SMILES string of the molecule is CCCCCCCC(=O)N[C@H](C(=O)N[C@H](C(=O)N[C@H](C(=O)N[C@@H](Cc1ccccc1)C(=O)N[C@@H](CCCCN)C(=O)N[C@@H](Cc1ccccc1)C(=O)O)[C@@H](C)O)C(C)C)[C@@H](C)O. The van der Waals surface area contributed by atoms with Crippen LogP contribution in [-0.4, -0.2) is 112 Å². The van der Waals surface area contributed by atoms with Gasteiger partial charge in [-0.1, -0.05) is 107 Å². The van der Waals surface area contributed by atoms with E-state index in [1.165, 1.54) is 13.8 Å². The number of nitrogens with two attached hydrogens (primary N) is 1. The van der Waals surface area contributed by atoms with Gasteiger partial charge in [-0.3, -0.25) is 28.8 Å². The van der Waals surface area contributed by atoms with Crippen LogP contribution >= 0.6 is 0 Å². The summed E-state index contributed by atoms with van der Waals surface area (Å²) in [5, 5.41) is 46.5. The van der Waals surface area contributed by atoms with Crippen molar-refractivity contribution in [1.82, 2.24) is 31.9 Å². The zero-order valence-electron chi connectivity index (χ0n) is 36.7. The fourth-order valence-electron chi connectivity index (χ4n) is 6.64. The van der Waals surface area contributed by atoms with Gasteiger partial charge in [0.25, 0.3) is 0 Å². The van der Waals surface area contributed by atoms with Crippen molar-refractivity contribution in [2.24, 2.45) is 11.7 Å². The van der Waals surface area contributed by atoms with Crippen LogP contribution in [-0.2, 0) is 46.4 Å². The van der Waals surface area contributed by atoms with E-state index in [2.05, 4.69) is 38.8 Å². The maximum atomic E-state index is 14.1. The second-order valence-corrected chi connectivity index (χ2v) is 16.1. The zero-order chi connectivity index (χ0) is 46.2. The Balaban J connectivity index is 2.29. The number of unbranched alkanes of at least 4 members (excludes halogenated alkanes) is 5. The number of amides is 6. The molecule has 8 atom stereocenters. The van der Waals surface area contributed by atoms with Gasteiger partial charge in [0.05, 0.1) is 12.2 Å². The number of carboxylic acids is 1. The minimum Gasteiger partial charge on any atom is -0.480 e. The fourth-order valence-corrected chi connectivity index (χ4v) is 6.64. The van der Waals surface area contributed by atoms with Crippen molar-refractivity contribution in [3.8, 4) is 0 Å². The van der Waals surface area contributed by atoms with Gasteiger partial charge in [0.1, 0.15) is 36.3 Å². The Kier molecular flexibility index (Phi) is 24.0. The predicted octanol–water partition coefficient (Wildman–Crippen LogP) is 1.37. The Morgan fingerprint density at radius 2 is 0.984 bits per heavy atom. The second-order valence-electron chi connectivity index (χ2n) is 16.1. The standard InChI is InChI=1S/C45H69N7O10/c1-6-7-8-9-16-24-36(55)50-38(29(4)53)44(60)51-37(28(2)3)42(58)52-39(30(5)54)43(59)48-34(26-31-19-12-10-13-20-31)41(57)47-33(23-17-18-25-46)40(56)49-35(45(61)62)27-32-21-14-11-15-22-32/h10-15,19-22,28-30,33-35,37-39,53-54H,6-9,16-18,23-27,46H2,1-5H3,(H,47,57)(H,48,59)(H,49,56)(H,50,55)(H,51,60)(H,52,58)(H,61,62)/t29-,30-,33+,34+,35+,37+,38+,39+/m1/s1. The van der Waals surface area contributed by atoms with Gasteiger partial charge in [0.2, 0.25) is 35.4 Å². The topological polar surface area (TPSA) is 278 Å². The minimum atomic E-state index is -1.63. The van der Waals surface area contributed by atoms with Crippen LogP contribution in [0.1, 0.15) is 104 Å². The first-order valence-electron chi connectivity index (χ1n) is 21.7. The second kappa shape index (κ2) is 28.3. The van der Waals surface area contributed by atoms with Gasteiger partial charge < -0.3 is 53.0 Å². The quantitative estimate of drug-likeness (QED) is 0.0522. The first kappa shape index (κ1) is 52.7. The number of hydrogen-bond donors (Lipinski definition) is 10. The van der Waals surface area contributed by atoms with Gasteiger partial charge in [-0.05, 0) is 63.1 Å². The number of aliphatic hydroxyl groups is 2. The number of rotatable bonds is 29. The average molecular weight is 868 g/mol. The average Bonchev–Trinajstić information content (AvgIpc) is 3.22. The molecule has 0 aliphatic carbocycles. The predicted molar refractivity (Wildman–Crippen MR) is 234 cm³/mol. The van der Waals surface area contributed by atoms with Gasteiger partial charge in [0.15, 0.2) is 0 Å². The van der Waals surface area contributed by atoms with Crippen LogP contribution in [0.15, 0.2) is 60.7 Å². The molecule has 0 aliphatic rings. The molecule has 62 heavy (non-hydrogen) atoms. The molecule has 344 valence electrons. The van der Waals surface area contributed by atoms with Crippen LogP contribution in [0.4, 0.5) is 0 Å². The van der Waals surface area contributed by atoms with E-state index in [-0.39, 0.29) is 25.7 Å². The van der Waals surface area contributed by atoms with Crippen molar-refractivity contribution in [2.75, 3.05) is 6.54 Å². The molecule has 0 spiro atoms. The van der Waals surface area contributed by atoms with E-state index in [4.69, 9.17) is 5.73 Å². The molecular formula is C45H69N7O10. The molecule has 2 aromatic rings. The number of carbonyl (C=O) groups excluding carboxylic acids is 6. The van der Waals surface area contributed by atoms with E-state index in [9.17, 15) is 48.9 Å². The van der Waals surface area contributed by atoms with Crippen molar-refractivity contribution in [1.29, 1.82) is 0 Å². The number of carbonyl (C=O) groups is 7. The molecule has 0 unspecified atom stereocenters. The van der Waals surface area contributed by atoms with Crippen molar-refractivity contribution in [3.05, 3.63) is 71.8 Å². The van der Waals surface area contributed by atoms with Crippen LogP contribution in [0.2, 0.25) is 0 Å². The third kappa shape index (κ3) is 19.1. The van der Waals surface area contributed by atoms with Crippen molar-refractivity contribution in [3.63, 3.8) is 0 Å². The van der Waals surface area contributed by atoms with Crippen molar-refractivity contribution in [2.45, 2.75) is 154 Å². The molecule has 11 N–H and O–H groups in total. The number of aliphatic hydroxyl groups excluding tert-OH is 2. The number of nitrogens with one attached hydrogen (secondary N) is 6. The highest BCUT2D eigenvalue weighted by Crippen LogP contribution is 2.11. The molecule has 0 bridgehead atoms. The molecular weight excluding hydrogens is 799 g/mol. The van der Waals surface area contributed by atoms with Crippen LogP contribution in [0, 0.1) is 5.92 Å². The summed E-state index contributed by atoms with van der Waals surface area (Å²) >= 11 is 0. The summed E-state index contributed by atoms with van der Waals surface area (Å²) in [7, 11) is 0. The largest absolute Gasteiger partial charge is 0.480 e. The highest BCUT2D eigenvalue weighted by molar-refractivity contribution is 5.97. The molecule has 2 rings (SSSR count). The smallest absolute Gasteiger partial charge is 0.326 e. The van der Waals surface area contributed by atoms with E-state index < -0.39 is 95.8 Å². The fraction of sp³-hybridized carbons (Fsp3) is 0.578. The molecule has 0 aliphatic heterocycles. The minimum absolute atomic E-state index is 0.0111. The van der Waals surface area contributed by atoms with Crippen LogP contribution in [0.5, 0.6) is 0 Å². The van der Waals surface area contributed by atoms with Crippen molar-refractivity contribution < 1.29 is 48.9 Å². The Hall–Kier alpha value is -5.39. The summed E-state index contributed by atoms with van der Waals surface area (Å²) in [6.45, 7) is 8.25. The molecule has 0 saturated carbocycles. The number of benzene rings is 2. The molecule has 17 heteroatoms. The third-order valence-corrected chi connectivity index (χ3v) is 10.3. The van der Waals surface area contributed by atoms with Gasteiger partial charge >= 0.3 is 5.97 Å². The lowest BCUT2D eigenvalue weighted by Gasteiger charge is -2.30. The normalized spacial score (nSPS) is 15.0. The molecule has 0 saturated heterocycles. The number of aliphatic carboxylic acids is 1. The highest BCUT2D eigenvalue weighted by Gasteiger charge is 2.36. The molecule has 0 fully saturated rings. The summed E-state index contributed by atoms with van der Waals surface area (Å²) in [6, 6.07) is 9.23. The van der Waals surface area contributed by atoms with Crippen LogP contribution in [0.3, 0.4) is 0 Å². The molecule has 0 aromatic heterocycles. The lowest BCUT2D eigenvalue weighted by atomic mass is 10.00. The lowest BCUT2D eigenvalue weighted by Crippen LogP contribution is -2.63. The van der Waals surface area contributed by atoms with Gasteiger partial charge in [0, 0.05) is 19.3 Å². The Labute approximate surface area is 365 Å². The van der Waals surface area contributed by atoms with E-state index in [0.29, 0.717) is 36.9 Å². The van der Waals surface area contributed by atoms with Gasteiger partial charge in [-0.15, -0.1) is 0 Å². The molecule has 6 amide bonds. The maximum Gasteiger partial charge on any atom is 0.326 e. The Morgan fingerprint density at radius 3 is 1.50 bits per heavy atom. The first-order valence-corrected chi connectivity index (χ1v) is 21.7. The third-order valence-electron chi connectivity index (χ3n) is 10.3. The summed E-state index contributed by atoms with van der Waals surface area (Å²) in [4.78, 5) is 93.6. The molecule has 0 radical (unpaired) electrons. The van der Waals surface area contributed by atoms with Crippen molar-refractivity contribution >= 4 is 41.4 Å².